The minimum Gasteiger partial charge on any atom is -0.443 e. The predicted octanol–water partition coefficient (Wildman–Crippen LogP) is 3.83. The lowest BCUT2D eigenvalue weighted by molar-refractivity contribution is 0.0544. The SMILES string of the molecule is Cn1cc(-c2ccc3ccn(C(=O)OC(C)(C)C)c3c2)cn1. The number of ether oxygens (including phenoxy) is 1. The first kappa shape index (κ1) is 14.4. The van der Waals surface area contributed by atoms with E-state index in [1.54, 1.807) is 15.4 Å². The van der Waals surface area contributed by atoms with E-state index in [-0.39, 0.29) is 6.09 Å². The monoisotopic (exact) mass is 297 g/mol. The van der Waals surface area contributed by atoms with Crippen LogP contribution in [0.1, 0.15) is 20.8 Å². The van der Waals surface area contributed by atoms with Gasteiger partial charge in [-0.1, -0.05) is 12.1 Å². The Labute approximate surface area is 129 Å². The molecule has 5 heteroatoms. The molecular formula is C17H19N3O2. The van der Waals surface area contributed by atoms with Crippen molar-refractivity contribution in [2.75, 3.05) is 0 Å². The zero-order valence-corrected chi connectivity index (χ0v) is 13.2. The Morgan fingerprint density at radius 2 is 1.95 bits per heavy atom. The Hall–Kier alpha value is -2.56. The fraction of sp³-hybridized carbons (Fsp3) is 0.294. The molecule has 0 spiro atoms. The van der Waals surface area contributed by atoms with Crippen LogP contribution in [0.3, 0.4) is 0 Å². The number of hydrogen-bond donors (Lipinski definition) is 0. The molecule has 0 saturated heterocycles. The van der Waals surface area contributed by atoms with Crippen molar-refractivity contribution in [3.8, 4) is 11.1 Å². The number of nitrogens with zero attached hydrogens (tertiary/aromatic N) is 3. The summed E-state index contributed by atoms with van der Waals surface area (Å²) in [4.78, 5) is 12.3. The highest BCUT2D eigenvalue weighted by molar-refractivity contribution is 5.92. The van der Waals surface area contributed by atoms with Gasteiger partial charge in [0, 0.05) is 30.4 Å². The standard InChI is InChI=1S/C17H19N3O2/c1-17(2,3)22-16(21)20-8-7-12-5-6-13(9-15(12)20)14-10-18-19(4)11-14/h5-11H,1-4H3. The van der Waals surface area contributed by atoms with E-state index in [0.29, 0.717) is 0 Å². The number of aryl methyl sites for hydroxylation is 1. The average Bonchev–Trinajstić information content (AvgIpc) is 3.01. The zero-order chi connectivity index (χ0) is 15.9. The van der Waals surface area contributed by atoms with E-state index in [2.05, 4.69) is 5.10 Å². The quantitative estimate of drug-likeness (QED) is 0.686. The van der Waals surface area contributed by atoms with Crippen molar-refractivity contribution in [1.29, 1.82) is 0 Å². The molecule has 0 fully saturated rings. The maximum atomic E-state index is 12.3. The molecule has 1 aromatic carbocycles. The first-order valence-electron chi connectivity index (χ1n) is 7.17. The van der Waals surface area contributed by atoms with E-state index in [9.17, 15) is 4.79 Å². The molecule has 0 N–H and O–H groups in total. The summed E-state index contributed by atoms with van der Waals surface area (Å²) in [6.07, 6.45) is 5.13. The number of carbonyl (C=O) groups excluding carboxylic acids is 1. The van der Waals surface area contributed by atoms with E-state index >= 15 is 0 Å². The number of aromatic nitrogens is 3. The van der Waals surface area contributed by atoms with Gasteiger partial charge < -0.3 is 4.74 Å². The fourth-order valence-corrected chi connectivity index (χ4v) is 2.35. The molecule has 0 amide bonds. The second-order valence-electron chi connectivity index (χ2n) is 6.34. The summed E-state index contributed by atoms with van der Waals surface area (Å²) in [6.45, 7) is 5.58. The molecule has 5 nitrogen and oxygen atoms in total. The first-order valence-corrected chi connectivity index (χ1v) is 7.17. The molecule has 3 aromatic rings. The number of rotatable bonds is 1. The average molecular weight is 297 g/mol. The van der Waals surface area contributed by atoms with Crippen LogP contribution in [0.5, 0.6) is 0 Å². The van der Waals surface area contributed by atoms with Crippen LogP contribution < -0.4 is 0 Å². The van der Waals surface area contributed by atoms with Crippen molar-refractivity contribution in [3.05, 3.63) is 42.9 Å². The molecule has 2 aromatic heterocycles. The molecule has 0 bridgehead atoms. The van der Waals surface area contributed by atoms with Crippen molar-refractivity contribution >= 4 is 17.0 Å². The van der Waals surface area contributed by atoms with Gasteiger partial charge in [-0.3, -0.25) is 9.25 Å². The lowest BCUT2D eigenvalue weighted by Crippen LogP contribution is -2.26. The van der Waals surface area contributed by atoms with Gasteiger partial charge in [0.2, 0.25) is 0 Å². The summed E-state index contributed by atoms with van der Waals surface area (Å²) >= 11 is 0. The van der Waals surface area contributed by atoms with E-state index < -0.39 is 5.60 Å². The lowest BCUT2D eigenvalue weighted by Gasteiger charge is -2.19. The first-order chi connectivity index (χ1) is 10.3. The van der Waals surface area contributed by atoms with Crippen LogP contribution in [-0.2, 0) is 11.8 Å². The fourth-order valence-electron chi connectivity index (χ4n) is 2.35. The summed E-state index contributed by atoms with van der Waals surface area (Å²) in [5, 5.41) is 5.18. The van der Waals surface area contributed by atoms with Gasteiger partial charge in [-0.15, -0.1) is 0 Å². The normalized spacial score (nSPS) is 11.8. The number of fused-ring (bicyclic) bond motifs is 1. The highest BCUT2D eigenvalue weighted by Crippen LogP contribution is 2.25. The molecule has 3 rings (SSSR count). The Balaban J connectivity index is 2.04. The Kier molecular flexibility index (Phi) is 3.28. The number of carbonyl (C=O) groups is 1. The van der Waals surface area contributed by atoms with Crippen molar-refractivity contribution in [1.82, 2.24) is 14.3 Å². The van der Waals surface area contributed by atoms with Gasteiger partial charge in [0.05, 0.1) is 11.7 Å². The highest BCUT2D eigenvalue weighted by atomic mass is 16.6. The minimum absolute atomic E-state index is 0.370. The van der Waals surface area contributed by atoms with Crippen molar-refractivity contribution in [2.45, 2.75) is 26.4 Å². The maximum absolute atomic E-state index is 12.3. The third-order valence-electron chi connectivity index (χ3n) is 3.32. The predicted molar refractivity (Wildman–Crippen MR) is 85.8 cm³/mol. The Morgan fingerprint density at radius 1 is 1.18 bits per heavy atom. The molecule has 0 radical (unpaired) electrons. The molecule has 0 atom stereocenters. The molecule has 22 heavy (non-hydrogen) atoms. The number of benzene rings is 1. The summed E-state index contributed by atoms with van der Waals surface area (Å²) in [6, 6.07) is 7.92. The van der Waals surface area contributed by atoms with E-state index in [4.69, 9.17) is 4.74 Å². The highest BCUT2D eigenvalue weighted by Gasteiger charge is 2.19. The second kappa shape index (κ2) is 5.02. The third kappa shape index (κ3) is 2.74. The molecule has 0 aliphatic carbocycles. The van der Waals surface area contributed by atoms with Gasteiger partial charge in [-0.05, 0) is 38.5 Å². The van der Waals surface area contributed by atoms with Gasteiger partial charge in [0.1, 0.15) is 5.60 Å². The number of hydrogen-bond acceptors (Lipinski definition) is 3. The molecule has 0 unspecified atom stereocenters. The van der Waals surface area contributed by atoms with Gasteiger partial charge >= 0.3 is 6.09 Å². The summed E-state index contributed by atoms with van der Waals surface area (Å²) < 4.78 is 8.75. The van der Waals surface area contributed by atoms with E-state index in [0.717, 1.165) is 22.0 Å². The van der Waals surface area contributed by atoms with Crippen LogP contribution in [-0.4, -0.2) is 26.0 Å². The summed E-state index contributed by atoms with van der Waals surface area (Å²) in [7, 11) is 1.88. The van der Waals surface area contributed by atoms with Gasteiger partial charge in [-0.2, -0.15) is 5.10 Å². The van der Waals surface area contributed by atoms with Gasteiger partial charge in [0.15, 0.2) is 0 Å². The van der Waals surface area contributed by atoms with Crippen molar-refractivity contribution in [2.24, 2.45) is 7.05 Å². The second-order valence-corrected chi connectivity index (χ2v) is 6.34. The zero-order valence-electron chi connectivity index (χ0n) is 13.2. The minimum atomic E-state index is -0.519. The van der Waals surface area contributed by atoms with Crippen LogP contribution >= 0.6 is 0 Å². The van der Waals surface area contributed by atoms with Crippen LogP contribution in [0, 0.1) is 0 Å². The lowest BCUT2D eigenvalue weighted by atomic mass is 10.1. The van der Waals surface area contributed by atoms with Gasteiger partial charge in [-0.25, -0.2) is 4.79 Å². The molecular weight excluding hydrogens is 278 g/mol. The topological polar surface area (TPSA) is 49.0 Å². The summed E-state index contributed by atoms with van der Waals surface area (Å²) in [5.41, 5.74) is 2.34. The van der Waals surface area contributed by atoms with Crippen LogP contribution in [0.2, 0.25) is 0 Å². The van der Waals surface area contributed by atoms with Crippen molar-refractivity contribution < 1.29 is 9.53 Å². The Bertz CT molecular complexity index is 837. The maximum Gasteiger partial charge on any atom is 0.418 e. The van der Waals surface area contributed by atoms with E-state index in [1.165, 1.54) is 0 Å². The molecule has 2 heterocycles. The van der Waals surface area contributed by atoms with Gasteiger partial charge in [0.25, 0.3) is 0 Å². The van der Waals surface area contributed by atoms with Crippen LogP contribution in [0.25, 0.3) is 22.0 Å². The smallest absolute Gasteiger partial charge is 0.418 e. The van der Waals surface area contributed by atoms with Crippen molar-refractivity contribution in [3.63, 3.8) is 0 Å². The molecule has 0 saturated carbocycles. The Morgan fingerprint density at radius 3 is 2.59 bits per heavy atom. The largest absolute Gasteiger partial charge is 0.443 e. The third-order valence-corrected chi connectivity index (χ3v) is 3.32. The van der Waals surface area contributed by atoms with Crippen LogP contribution in [0.15, 0.2) is 42.9 Å². The van der Waals surface area contributed by atoms with E-state index in [1.807, 2.05) is 64.5 Å². The molecule has 0 aliphatic rings. The molecule has 114 valence electrons. The summed E-state index contributed by atoms with van der Waals surface area (Å²) in [5.74, 6) is 0. The van der Waals surface area contributed by atoms with Crippen LogP contribution in [0.4, 0.5) is 4.79 Å². The molecule has 0 aliphatic heterocycles.